The minimum Gasteiger partial charge on any atom is -0.382 e. The fourth-order valence-corrected chi connectivity index (χ4v) is 4.89. The van der Waals surface area contributed by atoms with Gasteiger partial charge in [0.15, 0.2) is 24.0 Å². The third-order valence-corrected chi connectivity index (χ3v) is 7.09. The summed E-state index contributed by atoms with van der Waals surface area (Å²) in [6.07, 6.45) is -5.09. The van der Waals surface area contributed by atoms with Gasteiger partial charge in [-0.3, -0.25) is 19.2 Å². The van der Waals surface area contributed by atoms with Crippen LogP contribution < -0.4 is 11.4 Å². The zero-order valence-electron chi connectivity index (χ0n) is 21.8. The molecule has 3 atom stereocenters. The van der Waals surface area contributed by atoms with E-state index in [1.165, 1.54) is 41.5 Å². The Bertz CT molecular complexity index is 1640. The number of pyridine rings is 1. The number of benzene rings is 1. The molecule has 4 N–H and O–H groups in total. The van der Waals surface area contributed by atoms with Gasteiger partial charge >= 0.3 is 11.9 Å². The summed E-state index contributed by atoms with van der Waals surface area (Å²) in [5, 5.41) is 29.7. The summed E-state index contributed by atoms with van der Waals surface area (Å²) in [4.78, 5) is 35.0. The number of carbonyl (C=O) groups is 1. The molecule has 0 bridgehead atoms. The number of rotatable bonds is 9. The SMILES string of the molecule is NC(=O)C1CCCN1C(O)c1ncccc1-n1cnc(Cn2nc(-c3ccc(Cl)cc3)n(C[C@H](O)C(F)(F)F)c2=O)n1. The molecule has 4 heterocycles. The van der Waals surface area contributed by atoms with Gasteiger partial charge in [-0.15, -0.1) is 10.2 Å². The van der Waals surface area contributed by atoms with Crippen LogP contribution in [0.25, 0.3) is 17.1 Å². The molecule has 1 saturated heterocycles. The van der Waals surface area contributed by atoms with Crippen molar-refractivity contribution < 1.29 is 28.2 Å². The number of alkyl halides is 3. The maximum absolute atomic E-state index is 13.2. The van der Waals surface area contributed by atoms with E-state index in [1.54, 1.807) is 17.0 Å². The maximum Gasteiger partial charge on any atom is 0.416 e. The van der Waals surface area contributed by atoms with Crippen molar-refractivity contribution >= 4 is 17.5 Å². The van der Waals surface area contributed by atoms with Crippen LogP contribution in [0.3, 0.4) is 0 Å². The molecule has 4 aromatic rings. The Balaban J connectivity index is 1.45. The van der Waals surface area contributed by atoms with Crippen molar-refractivity contribution in [3.63, 3.8) is 0 Å². The van der Waals surface area contributed by atoms with Gasteiger partial charge in [0.25, 0.3) is 0 Å². The Morgan fingerprint density at radius 3 is 2.57 bits per heavy atom. The van der Waals surface area contributed by atoms with E-state index in [2.05, 4.69) is 20.2 Å². The van der Waals surface area contributed by atoms with Crippen molar-refractivity contribution in [3.05, 3.63) is 75.9 Å². The molecule has 0 saturated carbocycles. The lowest BCUT2D eigenvalue weighted by Crippen LogP contribution is -2.42. The van der Waals surface area contributed by atoms with Crippen molar-refractivity contribution in [3.8, 4) is 17.1 Å². The number of aliphatic hydroxyl groups is 2. The van der Waals surface area contributed by atoms with Crippen molar-refractivity contribution in [1.29, 1.82) is 0 Å². The molecule has 0 radical (unpaired) electrons. The van der Waals surface area contributed by atoms with Gasteiger partial charge in [0.2, 0.25) is 5.91 Å². The molecule has 1 aromatic carbocycles. The van der Waals surface area contributed by atoms with E-state index in [-0.39, 0.29) is 23.9 Å². The summed E-state index contributed by atoms with van der Waals surface area (Å²) in [5.41, 5.74) is 5.40. The summed E-state index contributed by atoms with van der Waals surface area (Å²) in [5.74, 6) is -0.606. The first-order valence-corrected chi connectivity index (χ1v) is 13.1. The third-order valence-electron chi connectivity index (χ3n) is 6.83. The molecule has 3 aromatic heterocycles. The number of aromatic nitrogens is 7. The van der Waals surface area contributed by atoms with Crippen LogP contribution in [0.4, 0.5) is 13.2 Å². The first-order chi connectivity index (χ1) is 19.9. The highest BCUT2D eigenvalue weighted by molar-refractivity contribution is 6.30. The molecule has 1 aliphatic rings. The molecule has 17 heteroatoms. The fraction of sp³-hybridized carbons (Fsp3) is 0.360. The molecule has 1 amide bonds. The highest BCUT2D eigenvalue weighted by Crippen LogP contribution is 2.29. The lowest BCUT2D eigenvalue weighted by Gasteiger charge is -2.28. The van der Waals surface area contributed by atoms with E-state index >= 15 is 0 Å². The number of hydrogen-bond donors (Lipinski definition) is 3. The number of nitrogens with zero attached hydrogens (tertiary/aromatic N) is 8. The van der Waals surface area contributed by atoms with Gasteiger partial charge in [-0.2, -0.15) is 13.2 Å². The molecule has 42 heavy (non-hydrogen) atoms. The molecule has 0 aliphatic carbocycles. The Hall–Kier alpha value is -4.12. The number of hydrogen-bond acceptors (Lipinski definition) is 9. The minimum atomic E-state index is -4.96. The average Bonchev–Trinajstić information content (AvgIpc) is 3.69. The van der Waals surface area contributed by atoms with Crippen LogP contribution >= 0.6 is 11.6 Å². The van der Waals surface area contributed by atoms with Gasteiger partial charge in [-0.1, -0.05) is 11.6 Å². The minimum absolute atomic E-state index is 0.0706. The predicted molar refractivity (Wildman–Crippen MR) is 141 cm³/mol. The van der Waals surface area contributed by atoms with Crippen LogP contribution in [-0.2, 0) is 17.9 Å². The van der Waals surface area contributed by atoms with E-state index in [9.17, 15) is 33.0 Å². The number of likely N-dealkylation sites (tertiary alicyclic amines) is 1. The number of primary amides is 1. The molecule has 0 spiro atoms. The van der Waals surface area contributed by atoms with Gasteiger partial charge in [-0.05, 0) is 49.2 Å². The van der Waals surface area contributed by atoms with Crippen LogP contribution in [0.2, 0.25) is 5.02 Å². The van der Waals surface area contributed by atoms with Gasteiger partial charge in [0.1, 0.15) is 18.6 Å². The van der Waals surface area contributed by atoms with Gasteiger partial charge in [-0.25, -0.2) is 19.1 Å². The largest absolute Gasteiger partial charge is 0.416 e. The smallest absolute Gasteiger partial charge is 0.382 e. The third kappa shape index (κ3) is 5.92. The van der Waals surface area contributed by atoms with Crippen LogP contribution in [0, 0.1) is 0 Å². The van der Waals surface area contributed by atoms with Crippen molar-refractivity contribution in [2.24, 2.45) is 5.73 Å². The number of amides is 1. The molecule has 1 aliphatic heterocycles. The fourth-order valence-electron chi connectivity index (χ4n) is 4.76. The van der Waals surface area contributed by atoms with E-state index in [0.29, 0.717) is 35.7 Å². The summed E-state index contributed by atoms with van der Waals surface area (Å²) in [6.45, 7) is -0.977. The first-order valence-electron chi connectivity index (χ1n) is 12.7. The van der Waals surface area contributed by atoms with Crippen molar-refractivity contribution in [2.45, 2.75) is 50.5 Å². The van der Waals surface area contributed by atoms with E-state index in [4.69, 9.17) is 17.3 Å². The molecule has 2 unspecified atom stereocenters. The van der Waals surface area contributed by atoms with Crippen LogP contribution in [0.15, 0.2) is 53.7 Å². The molecular formula is C25H25ClF3N9O4. The number of carbonyl (C=O) groups excluding carboxylic acids is 1. The number of nitrogens with two attached hydrogens (primary N) is 1. The average molecular weight is 608 g/mol. The van der Waals surface area contributed by atoms with Crippen LogP contribution in [-0.4, -0.2) is 80.0 Å². The summed E-state index contributed by atoms with van der Waals surface area (Å²) in [6, 6.07) is 8.51. The Labute approximate surface area is 240 Å². The molecule has 1 fully saturated rings. The maximum atomic E-state index is 13.2. The quantitative estimate of drug-likeness (QED) is 0.253. The highest BCUT2D eigenvalue weighted by Gasteiger charge is 2.39. The summed E-state index contributed by atoms with van der Waals surface area (Å²) in [7, 11) is 0. The zero-order valence-corrected chi connectivity index (χ0v) is 22.5. The lowest BCUT2D eigenvalue weighted by molar-refractivity contribution is -0.207. The van der Waals surface area contributed by atoms with E-state index in [1.807, 2.05) is 0 Å². The topological polar surface area (TPSA) is 170 Å². The molecule has 13 nitrogen and oxygen atoms in total. The van der Waals surface area contributed by atoms with E-state index < -0.39 is 42.7 Å². The molecular weight excluding hydrogens is 583 g/mol. The Morgan fingerprint density at radius 1 is 1.14 bits per heavy atom. The zero-order chi connectivity index (χ0) is 30.2. The molecule has 222 valence electrons. The monoisotopic (exact) mass is 607 g/mol. The first kappa shape index (κ1) is 29.4. The Kier molecular flexibility index (Phi) is 8.14. The standard InChI is InChI=1S/C25H25ClF3N9O4/c26-15-7-5-14(6-8-15)22-34-37(24(42)36(22)11-18(39)25(27,28)29)12-19-32-13-38(33-19)16-3-1-9-31-20(16)23(41)35-10-2-4-17(35)21(30)40/h1,3,5-9,13,17-18,23,39,41H,2,4,10-12H2,(H2,30,40)/t17?,18-,23?/m0/s1. The second-order valence-corrected chi connectivity index (χ2v) is 10.1. The van der Waals surface area contributed by atoms with Crippen LogP contribution in [0.5, 0.6) is 0 Å². The van der Waals surface area contributed by atoms with E-state index in [0.717, 1.165) is 9.25 Å². The van der Waals surface area contributed by atoms with Crippen molar-refractivity contribution in [2.75, 3.05) is 6.54 Å². The van der Waals surface area contributed by atoms with Gasteiger partial charge in [0.05, 0.1) is 18.3 Å². The predicted octanol–water partition coefficient (Wildman–Crippen LogP) is 1.25. The molecule has 5 rings (SSSR count). The van der Waals surface area contributed by atoms with Gasteiger partial charge < -0.3 is 15.9 Å². The number of halogens is 4. The lowest BCUT2D eigenvalue weighted by atomic mass is 10.2. The van der Waals surface area contributed by atoms with Gasteiger partial charge in [0, 0.05) is 23.3 Å². The second-order valence-electron chi connectivity index (χ2n) is 9.62. The summed E-state index contributed by atoms with van der Waals surface area (Å²) >= 11 is 5.92. The summed E-state index contributed by atoms with van der Waals surface area (Å²) < 4.78 is 42.3. The second kappa shape index (κ2) is 11.6. The highest BCUT2D eigenvalue weighted by atomic mass is 35.5. The normalized spacial score (nSPS) is 17.4. The van der Waals surface area contributed by atoms with Crippen molar-refractivity contribution in [1.82, 2.24) is 39.0 Å². The Morgan fingerprint density at radius 2 is 1.88 bits per heavy atom. The van der Waals surface area contributed by atoms with Crippen LogP contribution in [0.1, 0.15) is 30.6 Å². The number of aliphatic hydroxyl groups excluding tert-OH is 2.